The number of carbonyl (C=O) groups excluding carboxylic acids is 4. The number of primary amides is 1. The number of nitrogens with one attached hydrogen (secondary N) is 1. The molecule has 220 valence electrons. The van der Waals surface area contributed by atoms with Crippen LogP contribution in [0.2, 0.25) is 0 Å². The van der Waals surface area contributed by atoms with E-state index in [9.17, 15) is 44.7 Å². The number of phenolic OH excluding ortho intramolecular Hbond substituents is 1. The van der Waals surface area contributed by atoms with Crippen molar-refractivity contribution in [1.29, 1.82) is 0 Å². The lowest BCUT2D eigenvalue weighted by Gasteiger charge is -2.53. The van der Waals surface area contributed by atoms with Gasteiger partial charge in [0.15, 0.2) is 11.4 Å². The minimum absolute atomic E-state index is 0.0131. The topological polar surface area (TPSA) is 214 Å². The highest BCUT2D eigenvalue weighted by Crippen LogP contribution is 2.56. The van der Waals surface area contributed by atoms with E-state index in [0.29, 0.717) is 5.56 Å². The first kappa shape index (κ1) is 28.7. The standard InChI is InChI=1S/C28H34N4O9/c1-11-12-6-7-13(30-14(33)10-32-8-4-5-9-32)21(34)16(12)22(35)17-15(11)23(36)19-20(31(2)3)24(37)18(27(29)40)26(39)28(19,41)25(17)38/h6-7,11,15,19-20,23,34-36,39,41H,4-5,8-10H2,1-3H3,(H2,29,40)(H,30,33)/t11?,15?,19?,20-,23?,28-/m0/s1. The van der Waals surface area contributed by atoms with Crippen molar-refractivity contribution in [2.24, 2.45) is 17.6 Å². The Morgan fingerprint density at radius 1 is 1.15 bits per heavy atom. The second-order valence-corrected chi connectivity index (χ2v) is 11.5. The fraction of sp³-hybridized carbons (Fsp3) is 0.500. The first-order chi connectivity index (χ1) is 19.2. The van der Waals surface area contributed by atoms with Crippen LogP contribution < -0.4 is 11.1 Å². The Morgan fingerprint density at radius 3 is 2.37 bits per heavy atom. The maximum Gasteiger partial charge on any atom is 0.255 e. The van der Waals surface area contributed by atoms with Crippen LogP contribution in [0.4, 0.5) is 5.69 Å². The Kier molecular flexibility index (Phi) is 6.97. The molecular formula is C28H34N4O9. The molecule has 3 aliphatic carbocycles. The summed E-state index contributed by atoms with van der Waals surface area (Å²) in [5.74, 6) is -10.1. The number of aliphatic hydroxyl groups is 4. The number of rotatable bonds is 5. The zero-order chi connectivity index (χ0) is 30.1. The molecule has 2 fully saturated rings. The molecule has 41 heavy (non-hydrogen) atoms. The lowest BCUT2D eigenvalue weighted by Crippen LogP contribution is -2.70. The number of fused-ring (bicyclic) bond motifs is 3. The van der Waals surface area contributed by atoms with Crippen molar-refractivity contribution < 1.29 is 44.7 Å². The third-order valence-corrected chi connectivity index (χ3v) is 8.97. The molecule has 1 aromatic rings. The number of phenols is 1. The van der Waals surface area contributed by atoms with Gasteiger partial charge in [-0.05, 0) is 57.6 Å². The molecule has 1 aliphatic heterocycles. The fourth-order valence-corrected chi connectivity index (χ4v) is 7.05. The first-order valence-corrected chi connectivity index (χ1v) is 13.4. The van der Waals surface area contributed by atoms with Crippen LogP contribution in [-0.4, -0.2) is 110 Å². The van der Waals surface area contributed by atoms with Gasteiger partial charge in [-0.15, -0.1) is 0 Å². The number of nitrogens with two attached hydrogens (primary N) is 1. The molecule has 0 bridgehead atoms. The number of benzene rings is 1. The van der Waals surface area contributed by atoms with Gasteiger partial charge in [0.25, 0.3) is 5.91 Å². The zero-order valence-electron chi connectivity index (χ0n) is 22.9. The second-order valence-electron chi connectivity index (χ2n) is 11.5. The molecule has 0 spiro atoms. The van der Waals surface area contributed by atoms with Crippen molar-refractivity contribution in [1.82, 2.24) is 9.80 Å². The van der Waals surface area contributed by atoms with Gasteiger partial charge in [0.1, 0.15) is 22.8 Å². The van der Waals surface area contributed by atoms with Crippen LogP contribution in [0, 0.1) is 11.8 Å². The average molecular weight is 571 g/mol. The Balaban J connectivity index is 1.64. The average Bonchev–Trinajstić information content (AvgIpc) is 3.40. The smallest absolute Gasteiger partial charge is 0.255 e. The highest BCUT2D eigenvalue weighted by atomic mass is 16.4. The van der Waals surface area contributed by atoms with Crippen molar-refractivity contribution in [3.63, 3.8) is 0 Å². The molecule has 8 N–H and O–H groups in total. The minimum atomic E-state index is -2.99. The number of nitrogens with zero attached hydrogens (tertiary/aromatic N) is 2. The summed E-state index contributed by atoms with van der Waals surface area (Å²) in [7, 11) is 2.89. The van der Waals surface area contributed by atoms with E-state index in [-0.39, 0.29) is 23.7 Å². The number of carbonyl (C=O) groups is 4. The van der Waals surface area contributed by atoms with E-state index < -0.39 is 81.4 Å². The van der Waals surface area contributed by atoms with Gasteiger partial charge in [0, 0.05) is 11.5 Å². The summed E-state index contributed by atoms with van der Waals surface area (Å²) < 4.78 is 0. The van der Waals surface area contributed by atoms with Crippen LogP contribution >= 0.6 is 0 Å². The molecule has 6 atom stereocenters. The number of Topliss-reactive ketones (excluding diaryl/α,β-unsaturated/α-hetero) is 2. The van der Waals surface area contributed by atoms with Gasteiger partial charge in [-0.3, -0.25) is 29.0 Å². The molecule has 1 heterocycles. The molecule has 13 heteroatoms. The maximum atomic E-state index is 14.0. The van der Waals surface area contributed by atoms with Crippen molar-refractivity contribution >= 4 is 34.8 Å². The van der Waals surface area contributed by atoms with E-state index in [4.69, 9.17) is 5.73 Å². The number of likely N-dealkylation sites (tertiary alicyclic amines) is 1. The van der Waals surface area contributed by atoms with Crippen molar-refractivity contribution in [3.05, 3.63) is 40.2 Å². The lowest BCUT2D eigenvalue weighted by molar-refractivity contribution is -0.169. The summed E-state index contributed by atoms with van der Waals surface area (Å²) in [6.07, 6.45) is 0.299. The molecule has 0 radical (unpaired) electrons. The second kappa shape index (κ2) is 9.94. The summed E-state index contributed by atoms with van der Waals surface area (Å²) >= 11 is 0. The highest BCUT2D eigenvalue weighted by Gasteiger charge is 2.68. The van der Waals surface area contributed by atoms with E-state index >= 15 is 0 Å². The van der Waals surface area contributed by atoms with Crippen LogP contribution in [0.1, 0.15) is 36.8 Å². The number of amides is 2. The summed E-state index contributed by atoms with van der Waals surface area (Å²) in [6.45, 7) is 3.31. The Morgan fingerprint density at radius 2 is 1.78 bits per heavy atom. The summed E-state index contributed by atoms with van der Waals surface area (Å²) in [6, 6.07) is 1.59. The predicted octanol–water partition coefficient (Wildman–Crippen LogP) is -0.470. The number of likely N-dealkylation sites (N-methyl/N-ethyl adjacent to an activating group) is 1. The number of aromatic hydroxyl groups is 1. The number of aliphatic hydroxyl groups excluding tert-OH is 3. The molecular weight excluding hydrogens is 536 g/mol. The third-order valence-electron chi connectivity index (χ3n) is 8.97. The largest absolute Gasteiger partial charge is 0.508 e. The number of hydrogen-bond acceptors (Lipinski definition) is 11. The van der Waals surface area contributed by atoms with Crippen molar-refractivity contribution in [2.45, 2.75) is 43.4 Å². The van der Waals surface area contributed by atoms with E-state index in [1.165, 1.54) is 25.1 Å². The minimum Gasteiger partial charge on any atom is -0.508 e. The molecule has 4 unspecified atom stereocenters. The van der Waals surface area contributed by atoms with Gasteiger partial charge in [-0.1, -0.05) is 13.0 Å². The van der Waals surface area contributed by atoms with E-state index in [2.05, 4.69) is 5.32 Å². The van der Waals surface area contributed by atoms with Crippen LogP contribution in [0.3, 0.4) is 0 Å². The monoisotopic (exact) mass is 570 g/mol. The summed E-state index contributed by atoms with van der Waals surface area (Å²) in [5.41, 5.74) is 1.04. The Bertz CT molecular complexity index is 1430. The third kappa shape index (κ3) is 4.06. The van der Waals surface area contributed by atoms with E-state index in [1.54, 1.807) is 13.0 Å². The maximum absolute atomic E-state index is 14.0. The van der Waals surface area contributed by atoms with Gasteiger partial charge >= 0.3 is 0 Å². The van der Waals surface area contributed by atoms with Gasteiger partial charge in [-0.25, -0.2) is 0 Å². The van der Waals surface area contributed by atoms with Crippen molar-refractivity contribution in [3.8, 4) is 5.75 Å². The number of anilines is 1. The molecule has 5 rings (SSSR count). The Hall–Kier alpha value is -3.78. The molecule has 4 aliphatic rings. The molecule has 1 saturated carbocycles. The van der Waals surface area contributed by atoms with Crippen LogP contribution in [0.15, 0.2) is 29.0 Å². The molecule has 1 saturated heterocycles. The zero-order valence-corrected chi connectivity index (χ0v) is 22.9. The van der Waals surface area contributed by atoms with Gasteiger partial charge in [-0.2, -0.15) is 0 Å². The predicted molar refractivity (Wildman–Crippen MR) is 145 cm³/mol. The van der Waals surface area contributed by atoms with Gasteiger partial charge in [0.05, 0.1) is 35.9 Å². The van der Waals surface area contributed by atoms with Crippen LogP contribution in [0.25, 0.3) is 5.76 Å². The fourth-order valence-electron chi connectivity index (χ4n) is 7.05. The van der Waals surface area contributed by atoms with Crippen LogP contribution in [0.5, 0.6) is 5.75 Å². The lowest BCUT2D eigenvalue weighted by atomic mass is 9.54. The van der Waals surface area contributed by atoms with E-state index in [1.807, 2.05) is 4.90 Å². The number of ketones is 2. The van der Waals surface area contributed by atoms with E-state index in [0.717, 1.165) is 25.9 Å². The highest BCUT2D eigenvalue weighted by molar-refractivity contribution is 6.24. The van der Waals surface area contributed by atoms with Gasteiger partial charge < -0.3 is 36.6 Å². The SMILES string of the molecule is CC1c2ccc(NC(=O)CN3CCCC3)c(O)c2C(O)=C2C(=O)[C@]3(O)C(O)=C(C(N)=O)C(=O)[C@@H](N(C)C)C3C(O)C21. The molecule has 1 aromatic carbocycles. The normalized spacial score (nSPS) is 31.7. The Labute approximate surface area is 235 Å². The number of hydrogen-bond donors (Lipinski definition) is 7. The summed E-state index contributed by atoms with van der Waals surface area (Å²) in [5, 5.41) is 59.5. The molecule has 2 amide bonds. The summed E-state index contributed by atoms with van der Waals surface area (Å²) in [4.78, 5) is 55.3. The van der Waals surface area contributed by atoms with Crippen LogP contribution in [-0.2, 0) is 19.2 Å². The van der Waals surface area contributed by atoms with Crippen molar-refractivity contribution in [2.75, 3.05) is 39.0 Å². The quantitative estimate of drug-likeness (QED) is 0.177. The first-order valence-electron chi connectivity index (χ1n) is 13.4. The van der Waals surface area contributed by atoms with Gasteiger partial charge in [0.2, 0.25) is 11.7 Å². The molecule has 13 nitrogen and oxygen atoms in total. The molecule has 0 aromatic heterocycles.